The summed E-state index contributed by atoms with van der Waals surface area (Å²) >= 11 is 0. The summed E-state index contributed by atoms with van der Waals surface area (Å²) in [6.45, 7) is 0. The second-order valence-corrected chi connectivity index (χ2v) is 26.8. The molecule has 0 fully saturated rings. The van der Waals surface area contributed by atoms with Crippen molar-refractivity contribution < 1.29 is 0 Å². The molecule has 0 N–H and O–H groups in total. The van der Waals surface area contributed by atoms with E-state index in [1.165, 1.54) is 147 Å². The van der Waals surface area contributed by atoms with Gasteiger partial charge in [-0.15, -0.1) is 0 Å². The zero-order valence-corrected chi connectivity index (χ0v) is 52.4. The summed E-state index contributed by atoms with van der Waals surface area (Å²) in [5, 5.41) is 24.5. The third-order valence-electron chi connectivity index (χ3n) is 22.1. The molecule has 0 bridgehead atoms. The normalized spacial score (nSPS) is 12.7. The van der Waals surface area contributed by atoms with Crippen LogP contribution in [-0.4, -0.2) is 37.0 Å². The van der Waals surface area contributed by atoms with Gasteiger partial charge in [0.25, 0.3) is 0 Å². The van der Waals surface area contributed by atoms with Crippen LogP contribution in [0.15, 0.2) is 304 Å². The highest BCUT2D eigenvalue weighted by Gasteiger charge is 2.29. The molecular formula is C90H50N8. The lowest BCUT2D eigenvalue weighted by Gasteiger charge is -2.12. The SMILES string of the molecule is c1ccc(-n2c3ccccc3c3cc(-n4c5ccccc5c5cc6c7cc(-c8cccc(-n9c%10ccc(-n%11c%12ccccc%12c%12cc%13c%14ccccc%14n%14c%15c%16ccccc%16ccc%15c(c%12%11)c%13%14)cc%10c%10ccncc%109)c8)ccc7n7c8c9ccccc9ccc8c(c54)c67)cnc32)cc1. The molecule has 0 spiro atoms. The highest BCUT2D eigenvalue weighted by molar-refractivity contribution is 6.38. The Bertz CT molecular complexity index is 7680. The quantitative estimate of drug-likeness (QED) is 0.172. The Labute approximate surface area is 556 Å². The van der Waals surface area contributed by atoms with Crippen LogP contribution in [0.1, 0.15) is 0 Å². The van der Waals surface area contributed by atoms with Crippen molar-refractivity contribution in [2.75, 3.05) is 0 Å². The largest absolute Gasteiger partial charge is 0.309 e. The highest BCUT2D eigenvalue weighted by atomic mass is 15.1. The first-order valence-corrected chi connectivity index (χ1v) is 33.7. The zero-order chi connectivity index (χ0) is 63.3. The lowest BCUT2D eigenvalue weighted by molar-refractivity contribution is 1.11. The van der Waals surface area contributed by atoms with Crippen molar-refractivity contribution in [2.45, 2.75) is 0 Å². The summed E-state index contributed by atoms with van der Waals surface area (Å²) in [7, 11) is 0. The second-order valence-electron chi connectivity index (χ2n) is 26.8. The molecule has 0 unspecified atom stereocenters. The molecule has 0 aliphatic carbocycles. The lowest BCUT2D eigenvalue weighted by Crippen LogP contribution is -1.98. The molecule has 8 heteroatoms. The summed E-state index contributed by atoms with van der Waals surface area (Å²) in [5.74, 6) is 0. The van der Waals surface area contributed by atoms with Gasteiger partial charge in [-0.25, -0.2) is 4.98 Å². The van der Waals surface area contributed by atoms with E-state index in [9.17, 15) is 0 Å². The number of rotatable bonds is 5. The fraction of sp³-hybridized carbons (Fsp3) is 0. The molecule has 0 amide bonds. The van der Waals surface area contributed by atoms with Crippen molar-refractivity contribution in [1.29, 1.82) is 0 Å². The molecule has 10 aromatic heterocycles. The van der Waals surface area contributed by atoms with Gasteiger partial charge in [-0.05, 0) is 125 Å². The lowest BCUT2D eigenvalue weighted by atomic mass is 9.99. The maximum absolute atomic E-state index is 5.40. The van der Waals surface area contributed by atoms with E-state index in [0.29, 0.717) is 0 Å². The first-order valence-electron chi connectivity index (χ1n) is 33.7. The van der Waals surface area contributed by atoms with Crippen molar-refractivity contribution in [2.24, 2.45) is 0 Å². The van der Waals surface area contributed by atoms with Crippen LogP contribution < -0.4 is 0 Å². The maximum atomic E-state index is 5.40. The van der Waals surface area contributed by atoms with Gasteiger partial charge in [-0.1, -0.05) is 182 Å². The molecule has 0 aliphatic rings. The van der Waals surface area contributed by atoms with Gasteiger partial charge in [0, 0.05) is 120 Å². The standard InChI is InChI=1S/C90H50N8/c1-2-20-55(21-3-1)96-77-31-14-11-28-64(77)74-46-58(49-92-90(74)96)95-76-30-13-9-26-62(76)71-48-73-68-44-54(35-39-80(68)98-85-60-24-7-5-18-52(60)34-38-67(85)83(87(71)95)89(73)98)53-19-16-22-56(43-53)93-79-40-36-57(45-69(79)65-41-42-91-50-81(65)93)94-75-29-12-8-25-61(75)70-47-72-63-27-10-15-32-78(63)97-84-59-23-6-4-17-51(59)33-37-66(84)82(86(70)94)88(72)97/h1-50H. The monoisotopic (exact) mass is 1240 g/mol. The van der Waals surface area contributed by atoms with Crippen LogP contribution in [0.2, 0.25) is 0 Å². The van der Waals surface area contributed by atoms with Crippen LogP contribution in [0.25, 0.3) is 219 Å². The van der Waals surface area contributed by atoms with Crippen LogP contribution in [0.4, 0.5) is 0 Å². The van der Waals surface area contributed by atoms with E-state index >= 15 is 0 Å². The minimum atomic E-state index is 0.936. The molecule has 0 saturated heterocycles. The topological polar surface area (TPSA) is 54.3 Å². The minimum Gasteiger partial charge on any atom is -0.309 e. The Morgan fingerprint density at radius 2 is 0.684 bits per heavy atom. The number of hydrogen-bond acceptors (Lipinski definition) is 2. The number of para-hydroxylation sites is 5. The Kier molecular flexibility index (Phi) is 9.57. The fourth-order valence-electron chi connectivity index (χ4n) is 18.2. The number of benzene rings is 14. The molecular weight excluding hydrogens is 1190 g/mol. The molecule has 450 valence electrons. The predicted molar refractivity (Wildman–Crippen MR) is 409 cm³/mol. The predicted octanol–water partition coefficient (Wildman–Crippen LogP) is 23.1. The molecule has 24 rings (SSSR count). The number of pyridine rings is 2. The van der Waals surface area contributed by atoms with Gasteiger partial charge in [0.15, 0.2) is 0 Å². The van der Waals surface area contributed by atoms with Crippen LogP contribution in [-0.2, 0) is 0 Å². The molecule has 0 atom stereocenters. The summed E-state index contributed by atoms with van der Waals surface area (Å²) in [6, 6.07) is 106. The van der Waals surface area contributed by atoms with E-state index in [4.69, 9.17) is 9.97 Å². The number of aromatic nitrogens is 8. The molecule has 98 heavy (non-hydrogen) atoms. The molecule has 10 heterocycles. The summed E-state index contributed by atoms with van der Waals surface area (Å²) in [5.41, 5.74) is 22.9. The molecule has 0 saturated carbocycles. The van der Waals surface area contributed by atoms with Gasteiger partial charge in [-0.3, -0.25) is 9.55 Å². The van der Waals surface area contributed by atoms with Gasteiger partial charge in [0.1, 0.15) is 5.65 Å². The molecule has 14 aromatic carbocycles. The molecule has 0 aliphatic heterocycles. The van der Waals surface area contributed by atoms with Crippen molar-refractivity contribution in [3.63, 3.8) is 0 Å². The summed E-state index contributed by atoms with van der Waals surface area (Å²) in [4.78, 5) is 10.2. The highest BCUT2D eigenvalue weighted by Crippen LogP contribution is 2.51. The average Bonchev–Trinajstić information content (AvgIpc) is 1.51. The van der Waals surface area contributed by atoms with Crippen molar-refractivity contribution in [1.82, 2.24) is 37.0 Å². The van der Waals surface area contributed by atoms with Gasteiger partial charge >= 0.3 is 0 Å². The smallest absolute Gasteiger partial charge is 0.145 e. The van der Waals surface area contributed by atoms with E-state index < -0.39 is 0 Å². The van der Waals surface area contributed by atoms with E-state index in [1.807, 2.05) is 12.4 Å². The van der Waals surface area contributed by atoms with Gasteiger partial charge in [0.2, 0.25) is 0 Å². The Hall–Kier alpha value is -13.3. The molecule has 24 aromatic rings. The Morgan fingerprint density at radius 1 is 0.214 bits per heavy atom. The van der Waals surface area contributed by atoms with Crippen molar-refractivity contribution in [3.8, 4) is 33.9 Å². The van der Waals surface area contributed by atoms with Crippen LogP contribution in [0.5, 0.6) is 0 Å². The van der Waals surface area contributed by atoms with Crippen molar-refractivity contribution >= 4 is 185 Å². The average molecular weight is 1240 g/mol. The van der Waals surface area contributed by atoms with Crippen LogP contribution in [0.3, 0.4) is 0 Å². The Morgan fingerprint density at radius 3 is 1.36 bits per heavy atom. The summed E-state index contributed by atoms with van der Waals surface area (Å²) in [6.07, 6.45) is 6.06. The minimum absolute atomic E-state index is 0.936. The van der Waals surface area contributed by atoms with Gasteiger partial charge in [-0.2, -0.15) is 0 Å². The first-order chi connectivity index (χ1) is 48.7. The van der Waals surface area contributed by atoms with E-state index in [0.717, 1.165) is 72.4 Å². The van der Waals surface area contributed by atoms with E-state index in [1.54, 1.807) is 0 Å². The zero-order valence-electron chi connectivity index (χ0n) is 52.4. The summed E-state index contributed by atoms with van der Waals surface area (Å²) < 4.78 is 14.9. The number of nitrogens with zero attached hydrogens (tertiary/aromatic N) is 8. The van der Waals surface area contributed by atoms with Gasteiger partial charge in [0.05, 0.1) is 89.8 Å². The van der Waals surface area contributed by atoms with E-state index in [2.05, 4.69) is 318 Å². The van der Waals surface area contributed by atoms with Crippen molar-refractivity contribution in [3.05, 3.63) is 304 Å². The van der Waals surface area contributed by atoms with Gasteiger partial charge < -0.3 is 22.5 Å². The first kappa shape index (κ1) is 51.2. The van der Waals surface area contributed by atoms with E-state index in [-0.39, 0.29) is 0 Å². The van der Waals surface area contributed by atoms with Crippen LogP contribution >= 0.6 is 0 Å². The maximum Gasteiger partial charge on any atom is 0.145 e. The molecule has 0 radical (unpaired) electrons. The number of hydrogen-bond donors (Lipinski definition) is 0. The fourth-order valence-corrected chi connectivity index (χ4v) is 18.2. The third kappa shape index (κ3) is 6.36. The Balaban J connectivity index is 0.706. The second kappa shape index (κ2) is 18.3. The number of fused-ring (bicyclic) bond motifs is 30. The molecule has 8 nitrogen and oxygen atoms in total. The third-order valence-corrected chi connectivity index (χ3v) is 22.1. The van der Waals surface area contributed by atoms with Crippen LogP contribution in [0, 0.1) is 0 Å².